The van der Waals surface area contributed by atoms with E-state index in [-0.39, 0.29) is 6.54 Å². The van der Waals surface area contributed by atoms with Crippen LogP contribution in [-0.2, 0) is 0 Å². The molecule has 0 aromatic carbocycles. The summed E-state index contributed by atoms with van der Waals surface area (Å²) in [5.41, 5.74) is 0. The Morgan fingerprint density at radius 1 is 1.15 bits per heavy atom. The Bertz CT molecular complexity index is 194. The molecule has 0 spiro atoms. The lowest BCUT2D eigenvalue weighted by atomic mass is 10.2. The van der Waals surface area contributed by atoms with Gasteiger partial charge in [0.25, 0.3) is 0 Å². The molecule has 74 valence electrons. The summed E-state index contributed by atoms with van der Waals surface area (Å²) in [6, 6.07) is 0. The van der Waals surface area contributed by atoms with Gasteiger partial charge in [0.2, 0.25) is 0 Å². The van der Waals surface area contributed by atoms with Crippen LogP contribution in [0.4, 0.5) is 26.3 Å². The Morgan fingerprint density at radius 3 is 1.92 bits per heavy atom. The Hall–Kier alpha value is -0.950. The number of hydrazone groups is 1. The highest BCUT2D eigenvalue weighted by atomic mass is 19.4. The summed E-state index contributed by atoms with van der Waals surface area (Å²) in [5, 5.41) is 1.72. The first kappa shape index (κ1) is 10.1. The van der Waals surface area contributed by atoms with Gasteiger partial charge in [0.05, 0.1) is 12.8 Å². The number of nitrogens with zero attached hydrogens (tertiary/aromatic N) is 2. The number of hydrogen-bond donors (Lipinski definition) is 0. The van der Waals surface area contributed by atoms with Crippen LogP contribution in [0.25, 0.3) is 0 Å². The zero-order valence-electron chi connectivity index (χ0n) is 5.82. The van der Waals surface area contributed by atoms with Crippen LogP contribution in [0.2, 0.25) is 0 Å². The van der Waals surface area contributed by atoms with Crippen molar-refractivity contribution < 1.29 is 26.3 Å². The van der Waals surface area contributed by atoms with Gasteiger partial charge in [-0.15, -0.1) is 13.2 Å². The predicted octanol–water partition coefficient (Wildman–Crippen LogP) is 2.02. The third kappa shape index (κ3) is 2.25. The van der Waals surface area contributed by atoms with Gasteiger partial charge in [0.15, 0.2) is 0 Å². The van der Waals surface area contributed by atoms with Crippen LogP contribution in [0.5, 0.6) is 0 Å². The first-order valence-electron chi connectivity index (χ1n) is 2.95. The molecule has 2 nitrogen and oxygen atoms in total. The van der Waals surface area contributed by atoms with Gasteiger partial charge in [-0.25, -0.2) is 0 Å². The molecular weight excluding hydrogens is 202 g/mol. The molecule has 13 heavy (non-hydrogen) atoms. The molecule has 0 amide bonds. The third-order valence-electron chi connectivity index (χ3n) is 1.21. The SMILES string of the molecule is FC(F)(F)C1[C]=NN(C(F)(F)F)[CH]1. The lowest BCUT2D eigenvalue weighted by molar-refractivity contribution is -0.238. The Labute approximate surface area is 68.8 Å². The Balaban J connectivity index is 2.63. The minimum atomic E-state index is -4.92. The minimum Gasteiger partial charge on any atom is -0.198 e. The van der Waals surface area contributed by atoms with Crippen molar-refractivity contribution in [2.24, 2.45) is 11.0 Å². The molecule has 1 atom stereocenters. The van der Waals surface area contributed by atoms with Crippen LogP contribution in [0.3, 0.4) is 0 Å². The molecule has 1 aliphatic rings. The third-order valence-corrected chi connectivity index (χ3v) is 1.21. The van der Waals surface area contributed by atoms with Crippen molar-refractivity contribution in [3.05, 3.63) is 6.54 Å². The van der Waals surface area contributed by atoms with E-state index in [0.717, 1.165) is 0 Å². The highest BCUT2D eigenvalue weighted by Crippen LogP contribution is 2.35. The van der Waals surface area contributed by atoms with Gasteiger partial charge < -0.3 is 0 Å². The smallest absolute Gasteiger partial charge is 0.198 e. The van der Waals surface area contributed by atoms with E-state index in [1.807, 2.05) is 0 Å². The molecule has 1 rings (SSSR count). The Kier molecular flexibility index (Phi) is 2.16. The van der Waals surface area contributed by atoms with Crippen molar-refractivity contribution in [1.82, 2.24) is 5.01 Å². The molecule has 2 radical (unpaired) electrons. The molecule has 8 heteroatoms. The van der Waals surface area contributed by atoms with Gasteiger partial charge in [0, 0.05) is 0 Å². The maximum Gasteiger partial charge on any atom is 0.500 e. The predicted molar refractivity (Wildman–Crippen MR) is 29.2 cm³/mol. The van der Waals surface area contributed by atoms with Crippen LogP contribution in [0.15, 0.2) is 5.10 Å². The molecule has 0 saturated carbocycles. The van der Waals surface area contributed by atoms with E-state index in [4.69, 9.17) is 0 Å². The van der Waals surface area contributed by atoms with Crippen molar-refractivity contribution in [2.45, 2.75) is 12.5 Å². The fourth-order valence-corrected chi connectivity index (χ4v) is 0.631. The van der Waals surface area contributed by atoms with Crippen molar-refractivity contribution in [2.75, 3.05) is 0 Å². The lowest BCUT2D eigenvalue weighted by Gasteiger charge is -2.18. The van der Waals surface area contributed by atoms with Gasteiger partial charge in [-0.1, -0.05) is 0 Å². The summed E-state index contributed by atoms with van der Waals surface area (Å²) in [4.78, 5) is 0. The molecule has 0 aromatic heterocycles. The molecule has 1 heterocycles. The summed E-state index contributed by atoms with van der Waals surface area (Å²) >= 11 is 0. The molecule has 1 aliphatic heterocycles. The minimum absolute atomic E-state index is 0.0833. The molecular formula is C5H2F6N2. The first-order valence-corrected chi connectivity index (χ1v) is 2.95. The fourth-order valence-electron chi connectivity index (χ4n) is 0.631. The van der Waals surface area contributed by atoms with E-state index in [1.54, 1.807) is 0 Å². The van der Waals surface area contributed by atoms with Crippen LogP contribution in [-0.4, -0.2) is 23.7 Å². The second-order valence-electron chi connectivity index (χ2n) is 2.21. The summed E-state index contributed by atoms with van der Waals surface area (Å²) in [5.74, 6) is -2.38. The topological polar surface area (TPSA) is 15.6 Å². The van der Waals surface area contributed by atoms with Crippen LogP contribution >= 0.6 is 0 Å². The lowest BCUT2D eigenvalue weighted by Crippen LogP contribution is -2.32. The number of hydrogen-bond acceptors (Lipinski definition) is 2. The maximum absolute atomic E-state index is 11.8. The van der Waals surface area contributed by atoms with Gasteiger partial charge in [-0.05, 0) is 0 Å². The average Bonchev–Trinajstić information content (AvgIpc) is 2.28. The quantitative estimate of drug-likeness (QED) is 0.435. The summed E-state index contributed by atoms with van der Waals surface area (Å²) in [6.07, 6.45) is -8.39. The van der Waals surface area contributed by atoms with E-state index >= 15 is 0 Å². The molecule has 0 saturated heterocycles. The van der Waals surface area contributed by atoms with E-state index in [0.29, 0.717) is 0 Å². The zero-order chi connectivity index (χ0) is 10.3. The molecule has 0 fully saturated rings. The number of alkyl halides is 6. The summed E-state index contributed by atoms with van der Waals surface area (Å²) < 4.78 is 70.5. The normalized spacial score (nSPS) is 24.2. The number of rotatable bonds is 0. The molecule has 0 aromatic rings. The Morgan fingerprint density at radius 2 is 1.69 bits per heavy atom. The first-order chi connectivity index (χ1) is 5.71. The standard InChI is InChI=1S/C5H2F6N2/c6-4(7,8)3-1-12-13(2-3)5(9,10)11/h2-3H. The monoisotopic (exact) mass is 204 g/mol. The second kappa shape index (κ2) is 2.78. The largest absolute Gasteiger partial charge is 0.500 e. The highest BCUT2D eigenvalue weighted by molar-refractivity contribution is 5.65. The van der Waals surface area contributed by atoms with Gasteiger partial charge >= 0.3 is 12.5 Å². The van der Waals surface area contributed by atoms with Crippen molar-refractivity contribution in [1.29, 1.82) is 0 Å². The maximum atomic E-state index is 11.8. The van der Waals surface area contributed by atoms with Crippen LogP contribution in [0.1, 0.15) is 0 Å². The second-order valence-corrected chi connectivity index (χ2v) is 2.21. The van der Waals surface area contributed by atoms with E-state index < -0.39 is 23.4 Å². The van der Waals surface area contributed by atoms with E-state index in [9.17, 15) is 26.3 Å². The van der Waals surface area contributed by atoms with Crippen molar-refractivity contribution in [3.63, 3.8) is 0 Å². The van der Waals surface area contributed by atoms with Crippen LogP contribution in [0, 0.1) is 12.5 Å². The van der Waals surface area contributed by atoms with Gasteiger partial charge in [-0.2, -0.15) is 23.3 Å². The molecule has 1 unspecified atom stereocenters. The van der Waals surface area contributed by atoms with Crippen LogP contribution < -0.4 is 0 Å². The summed E-state index contributed by atoms with van der Waals surface area (Å²) in [6.45, 7) is -0.0833. The van der Waals surface area contributed by atoms with E-state index in [1.165, 1.54) is 6.21 Å². The fraction of sp³-hybridized carbons (Fsp3) is 0.600. The molecule has 0 bridgehead atoms. The summed E-state index contributed by atoms with van der Waals surface area (Å²) in [7, 11) is 0. The highest BCUT2D eigenvalue weighted by Gasteiger charge is 2.49. The molecule has 0 aliphatic carbocycles. The van der Waals surface area contributed by atoms with Crippen molar-refractivity contribution in [3.8, 4) is 0 Å². The van der Waals surface area contributed by atoms with E-state index in [2.05, 4.69) is 5.10 Å². The van der Waals surface area contributed by atoms with Gasteiger partial charge in [0.1, 0.15) is 5.92 Å². The van der Waals surface area contributed by atoms with Gasteiger partial charge in [-0.3, -0.25) is 0 Å². The van der Waals surface area contributed by atoms with Crippen molar-refractivity contribution >= 4 is 6.21 Å². The number of halogens is 6. The average molecular weight is 204 g/mol. The molecule has 0 N–H and O–H groups in total. The zero-order valence-corrected chi connectivity index (χ0v) is 5.82.